The summed E-state index contributed by atoms with van der Waals surface area (Å²) in [6, 6.07) is 11.8. The van der Waals surface area contributed by atoms with E-state index in [1.165, 1.54) is 0 Å². The number of benzene rings is 2. The minimum Gasteiger partial charge on any atom is -0.507 e. The summed E-state index contributed by atoms with van der Waals surface area (Å²) in [5.41, 5.74) is 4.74. The Morgan fingerprint density at radius 1 is 1.12 bits per heavy atom. The van der Waals surface area contributed by atoms with Crippen molar-refractivity contribution >= 4 is 17.8 Å². The van der Waals surface area contributed by atoms with E-state index in [1.807, 2.05) is 49.1 Å². The number of aryl methyl sites for hydroxylation is 2. The summed E-state index contributed by atoms with van der Waals surface area (Å²) in [6.45, 7) is 5.88. The van der Waals surface area contributed by atoms with Crippen LogP contribution in [-0.2, 0) is 17.6 Å². The molecule has 0 aromatic heterocycles. The Morgan fingerprint density at radius 2 is 1.81 bits per heavy atom. The van der Waals surface area contributed by atoms with E-state index in [9.17, 15) is 14.7 Å². The molecular weight excluding hydrogens is 406 g/mol. The van der Waals surface area contributed by atoms with Gasteiger partial charge in [0.2, 0.25) is 0 Å². The summed E-state index contributed by atoms with van der Waals surface area (Å²) in [6.07, 6.45) is 2.62. The van der Waals surface area contributed by atoms with Crippen molar-refractivity contribution in [3.05, 3.63) is 58.7 Å². The molecular formula is C25H31N3O4. The molecule has 2 aliphatic rings. The van der Waals surface area contributed by atoms with Crippen LogP contribution in [0.3, 0.4) is 0 Å². The standard InChI is InChI=1S/C25H31N3O4/c1-17-15-19(16-18(2)23(17)29)10-14-32-25(31)27-11-8-21(9-12-27)28-13-7-20-5-3-4-6-22(20)26-24(28)30/h3-6,15-16,21,29H,7-14H2,1-2H3,(H,26,30). The molecule has 170 valence electrons. The second-order valence-electron chi connectivity index (χ2n) is 8.69. The molecule has 2 aromatic rings. The van der Waals surface area contributed by atoms with Gasteiger partial charge in [0.15, 0.2) is 0 Å². The number of fused-ring (bicyclic) bond motifs is 1. The third-order valence-corrected chi connectivity index (χ3v) is 6.47. The van der Waals surface area contributed by atoms with Gasteiger partial charge in [0, 0.05) is 37.8 Å². The van der Waals surface area contributed by atoms with E-state index in [0.29, 0.717) is 38.4 Å². The molecule has 0 aliphatic carbocycles. The number of phenolic OH excluding ortho intramolecular Hbond substituents is 1. The average molecular weight is 438 g/mol. The number of urea groups is 1. The number of piperidine rings is 1. The summed E-state index contributed by atoms with van der Waals surface area (Å²) in [4.78, 5) is 28.9. The Kier molecular flexibility index (Phi) is 6.53. The molecule has 32 heavy (non-hydrogen) atoms. The van der Waals surface area contributed by atoms with Gasteiger partial charge in [0.1, 0.15) is 5.75 Å². The predicted molar refractivity (Wildman–Crippen MR) is 123 cm³/mol. The summed E-state index contributed by atoms with van der Waals surface area (Å²) in [5.74, 6) is 0.315. The number of ether oxygens (including phenoxy) is 1. The van der Waals surface area contributed by atoms with Crippen LogP contribution in [0.25, 0.3) is 0 Å². The lowest BCUT2D eigenvalue weighted by atomic mass is 10.0. The van der Waals surface area contributed by atoms with Gasteiger partial charge in [-0.05, 0) is 61.4 Å². The second kappa shape index (κ2) is 9.51. The zero-order valence-electron chi connectivity index (χ0n) is 18.8. The molecule has 4 rings (SSSR count). The van der Waals surface area contributed by atoms with Crippen LogP contribution in [0, 0.1) is 13.8 Å². The van der Waals surface area contributed by atoms with E-state index >= 15 is 0 Å². The molecule has 1 fully saturated rings. The Bertz CT molecular complexity index is 975. The van der Waals surface area contributed by atoms with Crippen molar-refractivity contribution in [2.45, 2.75) is 45.6 Å². The number of anilines is 1. The third kappa shape index (κ3) is 4.82. The molecule has 2 heterocycles. The SMILES string of the molecule is Cc1cc(CCOC(=O)N2CCC(N3CCc4ccccc4NC3=O)CC2)cc(C)c1O. The van der Waals surface area contributed by atoms with Gasteiger partial charge in [0.25, 0.3) is 0 Å². The number of rotatable bonds is 4. The van der Waals surface area contributed by atoms with Crippen molar-refractivity contribution in [2.24, 2.45) is 0 Å². The van der Waals surface area contributed by atoms with Gasteiger partial charge in [-0.15, -0.1) is 0 Å². The molecule has 0 saturated carbocycles. The first kappa shape index (κ1) is 22.0. The van der Waals surface area contributed by atoms with E-state index < -0.39 is 0 Å². The fraction of sp³-hybridized carbons (Fsp3) is 0.440. The number of carbonyl (C=O) groups is 2. The van der Waals surface area contributed by atoms with Gasteiger partial charge < -0.3 is 25.0 Å². The maximum absolute atomic E-state index is 12.7. The van der Waals surface area contributed by atoms with E-state index in [-0.39, 0.29) is 18.2 Å². The number of phenols is 1. The van der Waals surface area contributed by atoms with Crippen LogP contribution >= 0.6 is 0 Å². The number of likely N-dealkylation sites (tertiary alicyclic amines) is 1. The topological polar surface area (TPSA) is 82.1 Å². The summed E-state index contributed by atoms with van der Waals surface area (Å²) in [5, 5.41) is 12.9. The minimum absolute atomic E-state index is 0.0598. The number of amides is 3. The molecule has 3 amide bonds. The van der Waals surface area contributed by atoms with Gasteiger partial charge >= 0.3 is 12.1 Å². The van der Waals surface area contributed by atoms with Gasteiger partial charge in [0.05, 0.1) is 6.61 Å². The Hall–Kier alpha value is -3.22. The van der Waals surface area contributed by atoms with Crippen LogP contribution in [0.4, 0.5) is 15.3 Å². The first-order chi connectivity index (χ1) is 15.4. The molecule has 7 heteroatoms. The molecule has 0 atom stereocenters. The number of para-hydroxylation sites is 1. The van der Waals surface area contributed by atoms with Gasteiger partial charge in [-0.1, -0.05) is 30.3 Å². The maximum atomic E-state index is 12.7. The number of nitrogens with one attached hydrogen (secondary N) is 1. The lowest BCUT2D eigenvalue weighted by molar-refractivity contribution is 0.0806. The van der Waals surface area contributed by atoms with Gasteiger partial charge in [-0.3, -0.25) is 0 Å². The van der Waals surface area contributed by atoms with Crippen molar-refractivity contribution < 1.29 is 19.4 Å². The lowest BCUT2D eigenvalue weighted by Crippen LogP contribution is -2.50. The quantitative estimate of drug-likeness (QED) is 0.750. The number of carbonyl (C=O) groups excluding carboxylic acids is 2. The molecule has 0 unspecified atom stereocenters. The van der Waals surface area contributed by atoms with Gasteiger partial charge in [-0.25, -0.2) is 9.59 Å². The van der Waals surface area contributed by atoms with Crippen LogP contribution in [0.5, 0.6) is 5.75 Å². The van der Waals surface area contributed by atoms with E-state index in [2.05, 4.69) is 11.4 Å². The first-order valence-corrected chi connectivity index (χ1v) is 11.3. The highest BCUT2D eigenvalue weighted by atomic mass is 16.6. The summed E-state index contributed by atoms with van der Waals surface area (Å²) in [7, 11) is 0. The normalized spacial score (nSPS) is 16.9. The highest BCUT2D eigenvalue weighted by Gasteiger charge is 2.31. The molecule has 0 spiro atoms. The largest absolute Gasteiger partial charge is 0.507 e. The van der Waals surface area contributed by atoms with Crippen molar-refractivity contribution in [3.8, 4) is 5.75 Å². The van der Waals surface area contributed by atoms with E-state index in [1.54, 1.807) is 4.90 Å². The number of nitrogens with zero attached hydrogens (tertiary/aromatic N) is 2. The zero-order valence-corrected chi connectivity index (χ0v) is 18.8. The van der Waals surface area contributed by atoms with E-state index in [0.717, 1.165) is 47.2 Å². The number of aromatic hydroxyl groups is 1. The fourth-order valence-corrected chi connectivity index (χ4v) is 4.64. The molecule has 1 saturated heterocycles. The lowest BCUT2D eigenvalue weighted by Gasteiger charge is -2.37. The van der Waals surface area contributed by atoms with Crippen LogP contribution in [0.2, 0.25) is 0 Å². The predicted octanol–water partition coefficient (Wildman–Crippen LogP) is 4.24. The molecule has 0 bridgehead atoms. The van der Waals surface area contributed by atoms with E-state index in [4.69, 9.17) is 4.74 Å². The van der Waals surface area contributed by atoms with Crippen molar-refractivity contribution in [1.82, 2.24) is 9.80 Å². The monoisotopic (exact) mass is 437 g/mol. The number of hydrogen-bond donors (Lipinski definition) is 2. The van der Waals surface area contributed by atoms with Crippen LogP contribution in [0.1, 0.15) is 35.1 Å². The highest BCUT2D eigenvalue weighted by Crippen LogP contribution is 2.25. The summed E-state index contributed by atoms with van der Waals surface area (Å²) < 4.78 is 5.49. The van der Waals surface area contributed by atoms with Crippen molar-refractivity contribution in [1.29, 1.82) is 0 Å². The molecule has 2 aliphatic heterocycles. The van der Waals surface area contributed by atoms with Crippen LogP contribution < -0.4 is 5.32 Å². The molecule has 0 radical (unpaired) electrons. The first-order valence-electron chi connectivity index (χ1n) is 11.3. The maximum Gasteiger partial charge on any atom is 0.409 e. The zero-order chi connectivity index (χ0) is 22.7. The average Bonchev–Trinajstić information content (AvgIpc) is 2.95. The summed E-state index contributed by atoms with van der Waals surface area (Å²) >= 11 is 0. The van der Waals surface area contributed by atoms with Crippen molar-refractivity contribution in [3.63, 3.8) is 0 Å². The Balaban J connectivity index is 1.25. The second-order valence-corrected chi connectivity index (χ2v) is 8.69. The molecule has 7 nitrogen and oxygen atoms in total. The fourth-order valence-electron chi connectivity index (χ4n) is 4.64. The van der Waals surface area contributed by atoms with Crippen LogP contribution in [-0.4, -0.2) is 59.3 Å². The minimum atomic E-state index is -0.302. The molecule has 2 N–H and O–H groups in total. The molecule has 2 aromatic carbocycles. The van der Waals surface area contributed by atoms with Crippen LogP contribution in [0.15, 0.2) is 36.4 Å². The smallest absolute Gasteiger partial charge is 0.409 e. The highest BCUT2D eigenvalue weighted by molar-refractivity contribution is 5.91. The third-order valence-electron chi connectivity index (χ3n) is 6.47. The Morgan fingerprint density at radius 3 is 2.53 bits per heavy atom. The number of hydrogen-bond acceptors (Lipinski definition) is 4. The van der Waals surface area contributed by atoms with Crippen molar-refractivity contribution in [2.75, 3.05) is 31.6 Å². The van der Waals surface area contributed by atoms with Gasteiger partial charge in [-0.2, -0.15) is 0 Å². The Labute approximate surface area is 189 Å².